The van der Waals surface area contributed by atoms with Crippen LogP contribution < -0.4 is 19.5 Å². The summed E-state index contributed by atoms with van der Waals surface area (Å²) >= 11 is 0. The minimum absolute atomic E-state index is 0.0269. The van der Waals surface area contributed by atoms with Gasteiger partial charge in [-0.3, -0.25) is 14.5 Å². The predicted octanol–water partition coefficient (Wildman–Crippen LogP) is 1.39. The van der Waals surface area contributed by atoms with Crippen LogP contribution in [-0.4, -0.2) is 92.6 Å². The standard InChI is InChI=1S/C27H33N7O6/c1-17-10-34(18(2)14-35)27(37)21-9-20(29-26(36)13-33-15-28-30-31-33)5-7-22(21)40-25(17)12-32(3)11-19-4-6-23-24(8-19)39-16-38-23/h4-9,15,17-18,25,35H,10-14,16H2,1-3H3,(H,29,36)/t17-,18+,25+/m1/s1. The van der Waals surface area contributed by atoms with Crippen LogP contribution in [0.1, 0.15) is 29.8 Å². The van der Waals surface area contributed by atoms with Gasteiger partial charge in [0.2, 0.25) is 12.7 Å². The number of benzene rings is 2. The number of fused-ring (bicyclic) bond motifs is 2. The third-order valence-electron chi connectivity index (χ3n) is 7.03. The highest BCUT2D eigenvalue weighted by molar-refractivity contribution is 5.99. The lowest BCUT2D eigenvalue weighted by Gasteiger charge is -2.38. The van der Waals surface area contributed by atoms with Gasteiger partial charge in [0.25, 0.3) is 5.91 Å². The van der Waals surface area contributed by atoms with Crippen molar-refractivity contribution in [2.45, 2.75) is 39.1 Å². The molecule has 0 saturated carbocycles. The fraction of sp³-hybridized carbons (Fsp3) is 0.444. The van der Waals surface area contributed by atoms with Gasteiger partial charge in [0, 0.05) is 31.2 Å². The lowest BCUT2D eigenvalue weighted by molar-refractivity contribution is -0.116. The quantitative estimate of drug-likeness (QED) is 0.400. The summed E-state index contributed by atoms with van der Waals surface area (Å²) in [6.07, 6.45) is 1.09. The first kappa shape index (κ1) is 27.3. The molecule has 3 heterocycles. The Hall–Kier alpha value is -4.23. The van der Waals surface area contributed by atoms with Gasteiger partial charge in [-0.15, -0.1) is 5.10 Å². The van der Waals surface area contributed by atoms with E-state index in [0.717, 1.165) is 17.1 Å². The van der Waals surface area contributed by atoms with Crippen molar-refractivity contribution in [2.75, 3.05) is 38.9 Å². The second-order valence-electron chi connectivity index (χ2n) is 10.3. The molecule has 2 N–H and O–H groups in total. The molecule has 0 radical (unpaired) electrons. The van der Waals surface area contributed by atoms with Gasteiger partial charge < -0.3 is 29.5 Å². The van der Waals surface area contributed by atoms with E-state index in [9.17, 15) is 14.7 Å². The number of likely N-dealkylation sites (N-methyl/N-ethyl adjacent to an activating group) is 1. The molecular formula is C27H33N7O6. The lowest BCUT2D eigenvalue weighted by Crippen LogP contribution is -2.49. The molecule has 0 spiro atoms. The number of carbonyl (C=O) groups excluding carboxylic acids is 2. The lowest BCUT2D eigenvalue weighted by atomic mass is 9.99. The third kappa shape index (κ3) is 6.15. The number of amides is 2. The van der Waals surface area contributed by atoms with Crippen LogP contribution in [0.25, 0.3) is 0 Å². The Kier molecular flexibility index (Phi) is 8.12. The number of hydrogen-bond acceptors (Lipinski definition) is 10. The maximum absolute atomic E-state index is 13.7. The van der Waals surface area contributed by atoms with E-state index in [4.69, 9.17) is 14.2 Å². The van der Waals surface area contributed by atoms with Crippen LogP contribution in [0, 0.1) is 5.92 Å². The zero-order valence-corrected chi connectivity index (χ0v) is 22.7. The van der Waals surface area contributed by atoms with Crippen LogP contribution in [0.2, 0.25) is 0 Å². The Labute approximate surface area is 231 Å². The van der Waals surface area contributed by atoms with Crippen LogP contribution in [0.3, 0.4) is 0 Å². The molecule has 3 atom stereocenters. The largest absolute Gasteiger partial charge is 0.488 e. The molecule has 40 heavy (non-hydrogen) atoms. The molecule has 2 aromatic carbocycles. The number of nitrogens with zero attached hydrogens (tertiary/aromatic N) is 6. The summed E-state index contributed by atoms with van der Waals surface area (Å²) in [5.41, 5.74) is 1.84. The third-order valence-corrected chi connectivity index (χ3v) is 7.03. The van der Waals surface area contributed by atoms with Gasteiger partial charge in [-0.1, -0.05) is 13.0 Å². The minimum Gasteiger partial charge on any atom is -0.488 e. The summed E-state index contributed by atoms with van der Waals surface area (Å²) in [5.74, 6) is 1.26. The number of aliphatic hydroxyl groups excluding tert-OH is 1. The number of carbonyl (C=O) groups is 2. The van der Waals surface area contributed by atoms with Gasteiger partial charge in [-0.25, -0.2) is 4.68 Å². The van der Waals surface area contributed by atoms with Crippen molar-refractivity contribution < 1.29 is 28.9 Å². The van der Waals surface area contributed by atoms with Crippen molar-refractivity contribution in [3.05, 3.63) is 53.9 Å². The van der Waals surface area contributed by atoms with E-state index in [1.54, 1.807) is 23.1 Å². The van der Waals surface area contributed by atoms with E-state index in [2.05, 4.69) is 25.7 Å². The van der Waals surface area contributed by atoms with Crippen molar-refractivity contribution in [3.63, 3.8) is 0 Å². The molecule has 212 valence electrons. The number of ether oxygens (including phenoxy) is 3. The molecule has 0 bridgehead atoms. The molecule has 13 heteroatoms. The first-order valence-electron chi connectivity index (χ1n) is 13.1. The number of aliphatic hydroxyl groups is 1. The molecule has 2 amide bonds. The summed E-state index contributed by atoms with van der Waals surface area (Å²) in [6.45, 7) is 5.50. The van der Waals surface area contributed by atoms with Gasteiger partial charge >= 0.3 is 0 Å². The van der Waals surface area contributed by atoms with E-state index in [0.29, 0.717) is 36.6 Å². The Morgan fingerprint density at radius 3 is 2.77 bits per heavy atom. The van der Waals surface area contributed by atoms with Crippen molar-refractivity contribution in [1.29, 1.82) is 0 Å². The first-order chi connectivity index (χ1) is 19.3. The Balaban J connectivity index is 1.35. The number of tetrazole rings is 1. The Bertz CT molecular complexity index is 1350. The van der Waals surface area contributed by atoms with Crippen molar-refractivity contribution >= 4 is 17.5 Å². The fourth-order valence-corrected chi connectivity index (χ4v) is 4.84. The average molecular weight is 552 g/mol. The molecule has 5 rings (SSSR count). The SMILES string of the molecule is C[C@@H]1CN([C@@H](C)CO)C(=O)c2cc(NC(=O)Cn3cnnn3)ccc2O[C@H]1CN(C)Cc1ccc2c(c1)OCO2. The van der Waals surface area contributed by atoms with E-state index >= 15 is 0 Å². The van der Waals surface area contributed by atoms with Crippen LogP contribution in [0.4, 0.5) is 5.69 Å². The van der Waals surface area contributed by atoms with Crippen molar-refractivity contribution in [2.24, 2.45) is 5.92 Å². The molecule has 0 saturated heterocycles. The summed E-state index contributed by atoms with van der Waals surface area (Å²) in [5, 5.41) is 23.4. The maximum Gasteiger partial charge on any atom is 0.258 e. The molecule has 1 aromatic heterocycles. The van der Waals surface area contributed by atoms with Gasteiger partial charge in [0.1, 0.15) is 24.7 Å². The zero-order chi connectivity index (χ0) is 28.2. The summed E-state index contributed by atoms with van der Waals surface area (Å²) < 4.78 is 18.7. The number of anilines is 1. The fourth-order valence-electron chi connectivity index (χ4n) is 4.84. The highest BCUT2D eigenvalue weighted by Crippen LogP contribution is 2.33. The van der Waals surface area contributed by atoms with Gasteiger partial charge in [-0.2, -0.15) is 0 Å². The Morgan fingerprint density at radius 2 is 2.00 bits per heavy atom. The summed E-state index contributed by atoms with van der Waals surface area (Å²) in [7, 11) is 2.02. The van der Waals surface area contributed by atoms with Crippen LogP contribution in [-0.2, 0) is 17.9 Å². The first-order valence-corrected chi connectivity index (χ1v) is 13.1. The molecule has 0 aliphatic carbocycles. The predicted molar refractivity (Wildman–Crippen MR) is 143 cm³/mol. The van der Waals surface area contributed by atoms with Crippen molar-refractivity contribution in [3.8, 4) is 17.2 Å². The Morgan fingerprint density at radius 1 is 1.20 bits per heavy atom. The monoisotopic (exact) mass is 551 g/mol. The van der Waals surface area contributed by atoms with E-state index in [1.807, 2.05) is 39.1 Å². The van der Waals surface area contributed by atoms with Gasteiger partial charge in [0.05, 0.1) is 18.2 Å². The topological polar surface area (TPSA) is 144 Å². The van der Waals surface area contributed by atoms with Crippen LogP contribution in [0.15, 0.2) is 42.7 Å². The van der Waals surface area contributed by atoms with Crippen LogP contribution >= 0.6 is 0 Å². The normalized spacial score (nSPS) is 19.0. The number of aromatic nitrogens is 4. The van der Waals surface area contributed by atoms with E-state index in [-0.39, 0.29) is 43.8 Å². The van der Waals surface area contributed by atoms with E-state index < -0.39 is 6.04 Å². The highest BCUT2D eigenvalue weighted by Gasteiger charge is 2.33. The summed E-state index contributed by atoms with van der Waals surface area (Å²) in [4.78, 5) is 30.0. The number of rotatable bonds is 9. The highest BCUT2D eigenvalue weighted by atomic mass is 16.7. The average Bonchev–Trinajstić information content (AvgIpc) is 3.62. The zero-order valence-electron chi connectivity index (χ0n) is 22.7. The molecule has 0 unspecified atom stereocenters. The van der Waals surface area contributed by atoms with Crippen LogP contribution in [0.5, 0.6) is 17.2 Å². The number of hydrogen-bond donors (Lipinski definition) is 2. The molecule has 3 aromatic rings. The minimum atomic E-state index is -0.397. The van der Waals surface area contributed by atoms with Gasteiger partial charge in [-0.05, 0) is 60.3 Å². The molecule has 2 aliphatic heterocycles. The molecule has 2 aliphatic rings. The second-order valence-corrected chi connectivity index (χ2v) is 10.3. The number of nitrogens with one attached hydrogen (secondary N) is 1. The summed E-state index contributed by atoms with van der Waals surface area (Å²) in [6, 6.07) is 10.5. The molecular weight excluding hydrogens is 518 g/mol. The van der Waals surface area contributed by atoms with E-state index in [1.165, 1.54) is 11.0 Å². The maximum atomic E-state index is 13.7. The molecule has 0 fully saturated rings. The molecule has 13 nitrogen and oxygen atoms in total. The smallest absolute Gasteiger partial charge is 0.258 e. The second kappa shape index (κ2) is 11.9. The van der Waals surface area contributed by atoms with Gasteiger partial charge in [0.15, 0.2) is 11.5 Å². The van der Waals surface area contributed by atoms with Crippen molar-refractivity contribution in [1.82, 2.24) is 30.0 Å².